The minimum atomic E-state index is -0.0660. The third-order valence-corrected chi connectivity index (χ3v) is 4.89. The molecule has 4 heteroatoms. The minimum absolute atomic E-state index is 0.0660. The smallest absolute Gasteiger partial charge is 0.221 e. The van der Waals surface area contributed by atoms with Gasteiger partial charge in [-0.1, -0.05) is 32.6 Å². The van der Waals surface area contributed by atoms with Gasteiger partial charge in [-0.2, -0.15) is 0 Å². The molecule has 124 valence electrons. The van der Waals surface area contributed by atoms with Gasteiger partial charge in [0.25, 0.3) is 0 Å². The molecule has 1 aromatic carbocycles. The van der Waals surface area contributed by atoms with Crippen molar-refractivity contribution < 1.29 is 9.53 Å². The van der Waals surface area contributed by atoms with Gasteiger partial charge in [-0.25, -0.2) is 0 Å². The lowest BCUT2D eigenvalue weighted by molar-refractivity contribution is -0.114. The molecular formula is C19H26N2O2. The maximum Gasteiger partial charge on any atom is 0.221 e. The number of nitrogens with one attached hydrogen (secondary N) is 2. The Bertz CT molecular complexity index is 669. The highest BCUT2D eigenvalue weighted by Crippen LogP contribution is 2.31. The number of hydrogen-bond donors (Lipinski definition) is 2. The van der Waals surface area contributed by atoms with Crippen LogP contribution in [0.2, 0.25) is 0 Å². The van der Waals surface area contributed by atoms with E-state index in [1.165, 1.54) is 32.6 Å². The zero-order chi connectivity index (χ0) is 16.2. The summed E-state index contributed by atoms with van der Waals surface area (Å²) in [6.45, 7) is 4.64. The lowest BCUT2D eigenvalue weighted by Gasteiger charge is -2.25. The van der Waals surface area contributed by atoms with E-state index in [2.05, 4.69) is 17.2 Å². The number of H-pyrrole nitrogens is 1. The fraction of sp³-hybridized carbons (Fsp3) is 0.526. The zero-order valence-electron chi connectivity index (χ0n) is 14.0. The van der Waals surface area contributed by atoms with E-state index < -0.39 is 0 Å². The van der Waals surface area contributed by atoms with Gasteiger partial charge in [-0.05, 0) is 36.5 Å². The molecule has 0 saturated heterocycles. The molecule has 0 spiro atoms. The second kappa shape index (κ2) is 7.07. The highest BCUT2D eigenvalue weighted by molar-refractivity contribution is 6.01. The summed E-state index contributed by atoms with van der Waals surface area (Å²) in [5.41, 5.74) is 1.81. The highest BCUT2D eigenvalue weighted by atomic mass is 16.5. The van der Waals surface area contributed by atoms with E-state index in [1.807, 2.05) is 24.4 Å². The zero-order valence-corrected chi connectivity index (χ0v) is 14.0. The summed E-state index contributed by atoms with van der Waals surface area (Å²) in [4.78, 5) is 14.4. The average Bonchev–Trinajstić information content (AvgIpc) is 2.91. The van der Waals surface area contributed by atoms with Crippen molar-refractivity contribution in [1.29, 1.82) is 0 Å². The summed E-state index contributed by atoms with van der Waals surface area (Å²) < 4.78 is 5.95. The highest BCUT2D eigenvalue weighted by Gasteiger charge is 2.18. The van der Waals surface area contributed by atoms with Crippen LogP contribution in [0.4, 0.5) is 5.69 Å². The number of ether oxygens (including phenoxy) is 1. The lowest BCUT2D eigenvalue weighted by atomic mass is 9.82. The van der Waals surface area contributed by atoms with Crippen molar-refractivity contribution in [3.8, 4) is 5.75 Å². The quantitative estimate of drug-likeness (QED) is 0.839. The number of rotatable bonds is 5. The first-order chi connectivity index (χ1) is 11.1. The van der Waals surface area contributed by atoms with Crippen LogP contribution in [0.25, 0.3) is 10.9 Å². The van der Waals surface area contributed by atoms with Crippen molar-refractivity contribution in [2.75, 3.05) is 11.9 Å². The molecule has 1 fully saturated rings. The first-order valence-corrected chi connectivity index (χ1v) is 8.63. The van der Waals surface area contributed by atoms with Crippen LogP contribution in [0, 0.1) is 11.8 Å². The molecule has 1 saturated carbocycles. The first-order valence-electron chi connectivity index (χ1n) is 8.63. The fourth-order valence-electron chi connectivity index (χ4n) is 3.44. The van der Waals surface area contributed by atoms with Gasteiger partial charge < -0.3 is 15.0 Å². The van der Waals surface area contributed by atoms with E-state index >= 15 is 0 Å². The standard InChI is InChI=1S/C19H26N2O2/c1-13-3-5-15(6-4-13)9-10-23-16-7-8-18-17(11-16)19(12-20-18)21-14(2)22/h7-8,11-13,15,20H,3-6,9-10H2,1-2H3,(H,21,22)/t13-,15+. The Morgan fingerprint density at radius 2 is 2.09 bits per heavy atom. The third-order valence-electron chi connectivity index (χ3n) is 4.89. The monoisotopic (exact) mass is 314 g/mol. The van der Waals surface area contributed by atoms with Crippen LogP contribution in [-0.2, 0) is 4.79 Å². The number of aromatic amines is 1. The van der Waals surface area contributed by atoms with Gasteiger partial charge >= 0.3 is 0 Å². The number of hydrogen-bond acceptors (Lipinski definition) is 2. The van der Waals surface area contributed by atoms with Gasteiger partial charge in [0.15, 0.2) is 0 Å². The predicted octanol–water partition coefficient (Wildman–Crippen LogP) is 4.72. The van der Waals surface area contributed by atoms with E-state index in [9.17, 15) is 4.79 Å². The molecule has 3 rings (SSSR count). The van der Waals surface area contributed by atoms with Crippen molar-refractivity contribution in [3.05, 3.63) is 24.4 Å². The molecule has 0 atom stereocenters. The van der Waals surface area contributed by atoms with Gasteiger partial charge in [-0.3, -0.25) is 4.79 Å². The molecule has 0 radical (unpaired) electrons. The minimum Gasteiger partial charge on any atom is -0.494 e. The van der Waals surface area contributed by atoms with Gasteiger partial charge in [0.1, 0.15) is 5.75 Å². The predicted molar refractivity (Wildman–Crippen MR) is 93.8 cm³/mol. The average molecular weight is 314 g/mol. The molecule has 23 heavy (non-hydrogen) atoms. The summed E-state index contributed by atoms with van der Waals surface area (Å²) in [5, 5.41) is 3.83. The normalized spacial score (nSPS) is 21.3. The van der Waals surface area contributed by atoms with Crippen molar-refractivity contribution in [3.63, 3.8) is 0 Å². The van der Waals surface area contributed by atoms with E-state index in [4.69, 9.17) is 4.74 Å². The number of aromatic nitrogens is 1. The summed E-state index contributed by atoms with van der Waals surface area (Å²) in [6, 6.07) is 5.98. The van der Waals surface area contributed by atoms with Crippen LogP contribution in [0.3, 0.4) is 0 Å². The molecule has 2 aromatic rings. The van der Waals surface area contributed by atoms with E-state index in [0.29, 0.717) is 0 Å². The Morgan fingerprint density at radius 1 is 1.30 bits per heavy atom. The number of carbonyl (C=O) groups excluding carboxylic acids is 1. The largest absolute Gasteiger partial charge is 0.494 e. The van der Waals surface area contributed by atoms with Crippen molar-refractivity contribution in [2.24, 2.45) is 11.8 Å². The Kier molecular flexibility index (Phi) is 4.89. The number of carbonyl (C=O) groups is 1. The molecular weight excluding hydrogens is 288 g/mol. The number of benzene rings is 1. The Labute approximate surface area is 137 Å². The van der Waals surface area contributed by atoms with Crippen LogP contribution in [0.15, 0.2) is 24.4 Å². The number of fused-ring (bicyclic) bond motifs is 1. The fourth-order valence-corrected chi connectivity index (χ4v) is 3.44. The molecule has 1 heterocycles. The van der Waals surface area contributed by atoms with E-state index in [-0.39, 0.29) is 5.91 Å². The summed E-state index contributed by atoms with van der Waals surface area (Å²) in [7, 11) is 0. The summed E-state index contributed by atoms with van der Waals surface area (Å²) >= 11 is 0. The van der Waals surface area contributed by atoms with Gasteiger partial charge in [0.2, 0.25) is 5.91 Å². The lowest BCUT2D eigenvalue weighted by Crippen LogP contribution is -2.14. The van der Waals surface area contributed by atoms with Crippen LogP contribution in [-0.4, -0.2) is 17.5 Å². The summed E-state index contributed by atoms with van der Waals surface area (Å²) in [6.07, 6.45) is 8.36. The number of amides is 1. The van der Waals surface area contributed by atoms with E-state index in [0.717, 1.165) is 47.2 Å². The molecule has 0 aliphatic heterocycles. The van der Waals surface area contributed by atoms with E-state index in [1.54, 1.807) is 0 Å². The van der Waals surface area contributed by atoms with Crippen molar-refractivity contribution in [2.45, 2.75) is 46.0 Å². The maximum absolute atomic E-state index is 11.3. The molecule has 1 aliphatic carbocycles. The molecule has 4 nitrogen and oxygen atoms in total. The molecule has 0 unspecified atom stereocenters. The van der Waals surface area contributed by atoms with Crippen LogP contribution in [0.5, 0.6) is 5.75 Å². The molecule has 1 aliphatic rings. The molecule has 2 N–H and O–H groups in total. The third kappa shape index (κ3) is 4.06. The maximum atomic E-state index is 11.3. The van der Waals surface area contributed by atoms with Gasteiger partial charge in [-0.15, -0.1) is 0 Å². The number of anilines is 1. The first kappa shape index (κ1) is 15.9. The van der Waals surface area contributed by atoms with Crippen molar-refractivity contribution >= 4 is 22.5 Å². The SMILES string of the molecule is CC(=O)Nc1c[nH]c2ccc(OCC[C@H]3CC[C@@H](C)CC3)cc12. The molecule has 0 bridgehead atoms. The molecule has 1 aromatic heterocycles. The Hall–Kier alpha value is -1.97. The second-order valence-electron chi connectivity index (χ2n) is 6.85. The topological polar surface area (TPSA) is 54.1 Å². The van der Waals surface area contributed by atoms with Crippen LogP contribution < -0.4 is 10.1 Å². The van der Waals surface area contributed by atoms with Gasteiger partial charge in [0, 0.05) is 24.0 Å². The van der Waals surface area contributed by atoms with Crippen LogP contribution in [0.1, 0.15) is 46.0 Å². The van der Waals surface area contributed by atoms with Crippen molar-refractivity contribution in [1.82, 2.24) is 4.98 Å². The van der Waals surface area contributed by atoms with Gasteiger partial charge in [0.05, 0.1) is 12.3 Å². The Morgan fingerprint density at radius 3 is 2.83 bits per heavy atom. The van der Waals surface area contributed by atoms with Crippen LogP contribution >= 0.6 is 0 Å². The molecule has 1 amide bonds. The summed E-state index contributed by atoms with van der Waals surface area (Å²) in [5.74, 6) is 2.52. The Balaban J connectivity index is 1.58. The second-order valence-corrected chi connectivity index (χ2v) is 6.85.